The Morgan fingerprint density at radius 2 is 1.60 bits per heavy atom. The van der Waals surface area contributed by atoms with E-state index in [9.17, 15) is 0 Å². The predicted octanol–water partition coefficient (Wildman–Crippen LogP) is 3.82. The maximum atomic E-state index is 6.32. The molecule has 0 spiro atoms. The standard InChI is InChI=1S/C17H19N3/c1-10-5-6-14-19-16(17(18)20(14)9-10)15-12(3)7-11(2)8-13(15)4/h5-9H,18H2,1-4H3. The third-order valence-corrected chi connectivity index (χ3v) is 3.72. The van der Waals surface area contributed by atoms with E-state index in [0.717, 1.165) is 16.9 Å². The van der Waals surface area contributed by atoms with Gasteiger partial charge in [0.05, 0.1) is 0 Å². The van der Waals surface area contributed by atoms with Gasteiger partial charge in [0, 0.05) is 11.8 Å². The molecular formula is C17H19N3. The summed E-state index contributed by atoms with van der Waals surface area (Å²) in [5.41, 5.74) is 14.1. The number of benzene rings is 1. The highest BCUT2D eigenvalue weighted by molar-refractivity contribution is 5.79. The average Bonchev–Trinajstić information content (AvgIpc) is 2.66. The van der Waals surface area contributed by atoms with Crippen LogP contribution >= 0.6 is 0 Å². The van der Waals surface area contributed by atoms with Crippen LogP contribution in [0.5, 0.6) is 0 Å². The summed E-state index contributed by atoms with van der Waals surface area (Å²) < 4.78 is 1.96. The highest BCUT2D eigenvalue weighted by Crippen LogP contribution is 2.32. The van der Waals surface area contributed by atoms with Crippen molar-refractivity contribution in [3.05, 3.63) is 52.7 Å². The highest BCUT2D eigenvalue weighted by atomic mass is 15.1. The minimum atomic E-state index is 0.707. The maximum Gasteiger partial charge on any atom is 0.139 e. The molecule has 0 atom stereocenters. The fourth-order valence-corrected chi connectivity index (χ4v) is 2.91. The number of nitrogens with two attached hydrogens (primary N) is 1. The molecule has 102 valence electrons. The van der Waals surface area contributed by atoms with E-state index < -0.39 is 0 Å². The monoisotopic (exact) mass is 265 g/mol. The smallest absolute Gasteiger partial charge is 0.139 e. The average molecular weight is 265 g/mol. The van der Waals surface area contributed by atoms with E-state index in [1.54, 1.807) is 0 Å². The summed E-state index contributed by atoms with van der Waals surface area (Å²) in [6.45, 7) is 8.40. The number of aromatic nitrogens is 2. The predicted molar refractivity (Wildman–Crippen MR) is 84.0 cm³/mol. The van der Waals surface area contributed by atoms with Gasteiger partial charge in [0.2, 0.25) is 0 Å². The fraction of sp³-hybridized carbons (Fsp3) is 0.235. The first-order chi connectivity index (χ1) is 9.47. The molecule has 0 fully saturated rings. The van der Waals surface area contributed by atoms with Gasteiger partial charge in [0.25, 0.3) is 0 Å². The second-order valence-corrected chi connectivity index (χ2v) is 5.55. The van der Waals surface area contributed by atoms with Crippen LogP contribution in [0.15, 0.2) is 30.5 Å². The first kappa shape index (κ1) is 12.7. The molecular weight excluding hydrogens is 246 g/mol. The largest absolute Gasteiger partial charge is 0.383 e. The lowest BCUT2D eigenvalue weighted by Gasteiger charge is -2.09. The summed E-state index contributed by atoms with van der Waals surface area (Å²) >= 11 is 0. The number of anilines is 1. The summed E-state index contributed by atoms with van der Waals surface area (Å²) in [5.74, 6) is 0.707. The van der Waals surface area contributed by atoms with Crippen molar-refractivity contribution in [3.63, 3.8) is 0 Å². The van der Waals surface area contributed by atoms with Crippen LogP contribution in [0.1, 0.15) is 22.3 Å². The third-order valence-electron chi connectivity index (χ3n) is 3.72. The normalized spacial score (nSPS) is 11.2. The van der Waals surface area contributed by atoms with E-state index in [1.807, 2.05) is 16.7 Å². The van der Waals surface area contributed by atoms with Gasteiger partial charge in [-0.05, 0) is 50.5 Å². The molecule has 1 aromatic carbocycles. The molecule has 3 heteroatoms. The molecule has 2 N–H and O–H groups in total. The number of rotatable bonds is 1. The molecule has 0 saturated carbocycles. The van der Waals surface area contributed by atoms with Gasteiger partial charge >= 0.3 is 0 Å². The van der Waals surface area contributed by atoms with E-state index >= 15 is 0 Å². The zero-order valence-corrected chi connectivity index (χ0v) is 12.4. The van der Waals surface area contributed by atoms with Crippen molar-refractivity contribution in [2.75, 3.05) is 5.73 Å². The van der Waals surface area contributed by atoms with Gasteiger partial charge in [-0.15, -0.1) is 0 Å². The second kappa shape index (κ2) is 4.37. The van der Waals surface area contributed by atoms with E-state index in [4.69, 9.17) is 10.7 Å². The summed E-state index contributed by atoms with van der Waals surface area (Å²) in [6.07, 6.45) is 2.03. The minimum Gasteiger partial charge on any atom is -0.383 e. The second-order valence-electron chi connectivity index (χ2n) is 5.55. The van der Waals surface area contributed by atoms with Gasteiger partial charge in [-0.1, -0.05) is 23.8 Å². The van der Waals surface area contributed by atoms with Gasteiger partial charge in [0.15, 0.2) is 0 Å². The van der Waals surface area contributed by atoms with Crippen LogP contribution in [-0.4, -0.2) is 9.38 Å². The molecule has 0 amide bonds. The number of nitrogen functional groups attached to an aromatic ring is 1. The van der Waals surface area contributed by atoms with Crippen LogP contribution in [0.2, 0.25) is 0 Å². The Balaban J connectivity index is 2.33. The molecule has 3 rings (SSSR count). The van der Waals surface area contributed by atoms with Crippen molar-refractivity contribution in [3.8, 4) is 11.3 Å². The molecule has 0 saturated heterocycles. The number of aryl methyl sites for hydroxylation is 4. The Labute approximate surface area is 119 Å². The summed E-state index contributed by atoms with van der Waals surface area (Å²) in [5, 5.41) is 0. The Bertz CT molecular complexity index is 789. The van der Waals surface area contributed by atoms with Crippen molar-refractivity contribution in [2.24, 2.45) is 0 Å². The topological polar surface area (TPSA) is 43.3 Å². The summed E-state index contributed by atoms with van der Waals surface area (Å²) in [6, 6.07) is 8.42. The summed E-state index contributed by atoms with van der Waals surface area (Å²) in [7, 11) is 0. The number of hydrogen-bond acceptors (Lipinski definition) is 2. The zero-order valence-electron chi connectivity index (χ0n) is 12.4. The van der Waals surface area contributed by atoms with Gasteiger partial charge in [-0.25, -0.2) is 4.98 Å². The van der Waals surface area contributed by atoms with Crippen molar-refractivity contribution in [1.82, 2.24) is 9.38 Å². The van der Waals surface area contributed by atoms with Gasteiger partial charge in [0.1, 0.15) is 17.2 Å². The number of nitrogens with zero attached hydrogens (tertiary/aromatic N) is 2. The minimum absolute atomic E-state index is 0.707. The van der Waals surface area contributed by atoms with E-state index in [-0.39, 0.29) is 0 Å². The van der Waals surface area contributed by atoms with E-state index in [0.29, 0.717) is 5.82 Å². The van der Waals surface area contributed by atoms with Gasteiger partial charge < -0.3 is 5.73 Å². The lowest BCUT2D eigenvalue weighted by molar-refractivity contribution is 1.16. The molecule has 0 aliphatic heterocycles. The van der Waals surface area contributed by atoms with Crippen LogP contribution < -0.4 is 5.73 Å². The maximum absolute atomic E-state index is 6.32. The van der Waals surface area contributed by atoms with Crippen LogP contribution in [-0.2, 0) is 0 Å². The number of hydrogen-bond donors (Lipinski definition) is 1. The molecule has 0 unspecified atom stereocenters. The van der Waals surface area contributed by atoms with Gasteiger partial charge in [-0.2, -0.15) is 0 Å². The van der Waals surface area contributed by atoms with Crippen molar-refractivity contribution in [1.29, 1.82) is 0 Å². The van der Waals surface area contributed by atoms with Crippen molar-refractivity contribution in [2.45, 2.75) is 27.7 Å². The first-order valence-corrected chi connectivity index (χ1v) is 6.80. The molecule has 3 nitrogen and oxygen atoms in total. The Hall–Kier alpha value is -2.29. The molecule has 0 aliphatic carbocycles. The van der Waals surface area contributed by atoms with Crippen molar-refractivity contribution < 1.29 is 0 Å². The molecule has 0 radical (unpaired) electrons. The molecule has 20 heavy (non-hydrogen) atoms. The quantitative estimate of drug-likeness (QED) is 0.727. The highest BCUT2D eigenvalue weighted by Gasteiger charge is 2.15. The van der Waals surface area contributed by atoms with E-state index in [2.05, 4.69) is 45.9 Å². The SMILES string of the molecule is Cc1cc(C)c(-c2nc3ccc(C)cn3c2N)c(C)c1. The Morgan fingerprint density at radius 3 is 2.25 bits per heavy atom. The van der Waals surface area contributed by atoms with Crippen LogP contribution in [0, 0.1) is 27.7 Å². The van der Waals surface area contributed by atoms with E-state index in [1.165, 1.54) is 22.3 Å². The molecule has 2 heterocycles. The Kier molecular flexibility index (Phi) is 2.78. The van der Waals surface area contributed by atoms with Crippen molar-refractivity contribution >= 4 is 11.5 Å². The molecule has 2 aromatic heterocycles. The Morgan fingerprint density at radius 1 is 0.950 bits per heavy atom. The third kappa shape index (κ3) is 1.86. The number of imidazole rings is 1. The number of pyridine rings is 1. The lowest BCUT2D eigenvalue weighted by Crippen LogP contribution is -1.97. The zero-order chi connectivity index (χ0) is 14.4. The molecule has 0 aliphatic rings. The fourth-order valence-electron chi connectivity index (χ4n) is 2.91. The van der Waals surface area contributed by atoms with Crippen LogP contribution in [0.25, 0.3) is 16.9 Å². The summed E-state index contributed by atoms with van der Waals surface area (Å²) in [4.78, 5) is 4.71. The number of fused-ring (bicyclic) bond motifs is 1. The molecule has 0 bridgehead atoms. The first-order valence-electron chi connectivity index (χ1n) is 6.80. The lowest BCUT2D eigenvalue weighted by atomic mass is 9.97. The molecule has 3 aromatic rings. The van der Waals surface area contributed by atoms with Crippen LogP contribution in [0.4, 0.5) is 5.82 Å². The van der Waals surface area contributed by atoms with Gasteiger partial charge in [-0.3, -0.25) is 4.40 Å². The van der Waals surface area contributed by atoms with Crippen LogP contribution in [0.3, 0.4) is 0 Å².